The number of nitrogens with zero attached hydrogens (tertiary/aromatic N) is 2. The first-order chi connectivity index (χ1) is 10.1. The normalized spacial score (nSPS) is 11.4. The Morgan fingerprint density at radius 3 is 2.62 bits per heavy atom. The summed E-state index contributed by atoms with van der Waals surface area (Å²) in [5, 5.41) is 6.61. The molecule has 0 radical (unpaired) electrons. The summed E-state index contributed by atoms with van der Waals surface area (Å²) in [6, 6.07) is 6.50. The number of ether oxygens (including phenoxy) is 1. The molecule has 2 N–H and O–H groups in total. The van der Waals surface area contributed by atoms with Crippen LogP contribution in [-0.4, -0.2) is 47.4 Å². The van der Waals surface area contributed by atoms with Gasteiger partial charge in [-0.15, -0.1) is 0 Å². The molecule has 5 heteroatoms. The lowest BCUT2D eigenvalue weighted by atomic mass is 10.1. The summed E-state index contributed by atoms with van der Waals surface area (Å²) in [5.74, 6) is 0.821. The van der Waals surface area contributed by atoms with Crippen LogP contribution in [-0.2, 0) is 11.3 Å². The smallest absolute Gasteiger partial charge is 0.191 e. The van der Waals surface area contributed by atoms with E-state index >= 15 is 0 Å². The summed E-state index contributed by atoms with van der Waals surface area (Å²) < 4.78 is 5.03. The number of rotatable bonds is 7. The van der Waals surface area contributed by atoms with Crippen LogP contribution < -0.4 is 15.5 Å². The maximum atomic E-state index is 5.03. The average Bonchev–Trinajstić information content (AvgIpc) is 2.47. The molecule has 1 aromatic rings. The molecule has 0 aliphatic carbocycles. The minimum Gasteiger partial charge on any atom is -0.385 e. The van der Waals surface area contributed by atoms with Gasteiger partial charge in [0.1, 0.15) is 0 Å². The van der Waals surface area contributed by atoms with Crippen LogP contribution in [0.5, 0.6) is 0 Å². The highest BCUT2D eigenvalue weighted by Crippen LogP contribution is 2.17. The number of hydrogen-bond donors (Lipinski definition) is 2. The summed E-state index contributed by atoms with van der Waals surface area (Å²) in [7, 11) is 7.61. The minimum atomic E-state index is 0.759. The van der Waals surface area contributed by atoms with E-state index in [1.807, 2.05) is 0 Å². The van der Waals surface area contributed by atoms with Crippen molar-refractivity contribution in [3.8, 4) is 0 Å². The SMILES string of the molecule is CN=C(NCCCOC)NCc1ccc(N(C)C)cc1C. The minimum absolute atomic E-state index is 0.759. The molecule has 0 aromatic heterocycles. The Bertz CT molecular complexity index is 458. The molecule has 21 heavy (non-hydrogen) atoms. The molecule has 0 amide bonds. The van der Waals surface area contributed by atoms with Crippen molar-refractivity contribution in [1.29, 1.82) is 0 Å². The first-order valence-corrected chi connectivity index (χ1v) is 7.28. The maximum Gasteiger partial charge on any atom is 0.191 e. The summed E-state index contributed by atoms with van der Waals surface area (Å²) in [6.45, 7) is 4.52. The molecule has 0 atom stereocenters. The van der Waals surface area contributed by atoms with Crippen LogP contribution in [0.2, 0.25) is 0 Å². The average molecular weight is 292 g/mol. The molecule has 0 saturated carbocycles. The third-order valence-corrected chi connectivity index (χ3v) is 3.33. The number of guanidine groups is 1. The number of nitrogens with one attached hydrogen (secondary N) is 2. The van der Waals surface area contributed by atoms with E-state index in [-0.39, 0.29) is 0 Å². The van der Waals surface area contributed by atoms with E-state index in [1.165, 1.54) is 16.8 Å². The van der Waals surface area contributed by atoms with Gasteiger partial charge in [0.05, 0.1) is 0 Å². The Morgan fingerprint density at radius 2 is 2.05 bits per heavy atom. The van der Waals surface area contributed by atoms with Gasteiger partial charge in [-0.05, 0) is 36.6 Å². The molecule has 1 aromatic carbocycles. The molecule has 0 unspecified atom stereocenters. The Balaban J connectivity index is 2.49. The van der Waals surface area contributed by atoms with Crippen molar-refractivity contribution in [2.24, 2.45) is 4.99 Å². The Morgan fingerprint density at radius 1 is 1.29 bits per heavy atom. The van der Waals surface area contributed by atoms with Gasteiger partial charge in [0.25, 0.3) is 0 Å². The lowest BCUT2D eigenvalue weighted by Crippen LogP contribution is -2.37. The number of aryl methyl sites for hydroxylation is 1. The van der Waals surface area contributed by atoms with E-state index in [2.05, 4.69) is 59.7 Å². The molecular formula is C16H28N4O. The molecule has 1 rings (SSSR count). The fourth-order valence-electron chi connectivity index (χ4n) is 1.98. The van der Waals surface area contributed by atoms with Crippen molar-refractivity contribution in [3.05, 3.63) is 29.3 Å². The predicted molar refractivity (Wildman–Crippen MR) is 90.2 cm³/mol. The van der Waals surface area contributed by atoms with Crippen LogP contribution >= 0.6 is 0 Å². The van der Waals surface area contributed by atoms with E-state index in [0.717, 1.165) is 32.1 Å². The molecule has 0 aliphatic rings. The lowest BCUT2D eigenvalue weighted by Gasteiger charge is -2.16. The lowest BCUT2D eigenvalue weighted by molar-refractivity contribution is 0.195. The first kappa shape index (κ1) is 17.3. The second-order valence-electron chi connectivity index (χ2n) is 5.20. The molecule has 0 spiro atoms. The molecule has 0 aliphatic heterocycles. The Labute approximate surface area is 128 Å². The zero-order chi connectivity index (χ0) is 15.7. The molecule has 0 bridgehead atoms. The van der Waals surface area contributed by atoms with Crippen molar-refractivity contribution < 1.29 is 4.74 Å². The van der Waals surface area contributed by atoms with Crippen molar-refractivity contribution in [3.63, 3.8) is 0 Å². The monoisotopic (exact) mass is 292 g/mol. The zero-order valence-corrected chi connectivity index (χ0v) is 13.9. The van der Waals surface area contributed by atoms with E-state index in [9.17, 15) is 0 Å². The van der Waals surface area contributed by atoms with Gasteiger partial charge in [-0.25, -0.2) is 0 Å². The molecule has 0 fully saturated rings. The van der Waals surface area contributed by atoms with Crippen molar-refractivity contribution in [2.45, 2.75) is 19.9 Å². The van der Waals surface area contributed by atoms with Crippen LogP contribution in [0.3, 0.4) is 0 Å². The highest BCUT2D eigenvalue weighted by molar-refractivity contribution is 5.79. The largest absolute Gasteiger partial charge is 0.385 e. The number of benzene rings is 1. The quantitative estimate of drug-likeness (QED) is 0.457. The molecular weight excluding hydrogens is 264 g/mol. The molecule has 0 heterocycles. The standard InChI is InChI=1S/C16H28N4O/c1-13-11-15(20(3)4)8-7-14(13)12-19-16(17-2)18-9-6-10-21-5/h7-8,11H,6,9-10,12H2,1-5H3,(H2,17,18,19). The highest BCUT2D eigenvalue weighted by atomic mass is 16.5. The molecule has 0 saturated heterocycles. The number of anilines is 1. The fourth-order valence-corrected chi connectivity index (χ4v) is 1.98. The summed E-state index contributed by atoms with van der Waals surface area (Å²) >= 11 is 0. The van der Waals surface area contributed by atoms with E-state index < -0.39 is 0 Å². The summed E-state index contributed by atoms with van der Waals surface area (Å²) in [6.07, 6.45) is 0.966. The van der Waals surface area contributed by atoms with Crippen LogP contribution in [0.1, 0.15) is 17.5 Å². The fraction of sp³-hybridized carbons (Fsp3) is 0.562. The number of aliphatic imine (C=N–C) groups is 1. The summed E-state index contributed by atoms with van der Waals surface area (Å²) in [4.78, 5) is 6.33. The van der Waals surface area contributed by atoms with Gasteiger partial charge >= 0.3 is 0 Å². The Kier molecular flexibility index (Phi) is 7.61. The summed E-state index contributed by atoms with van der Waals surface area (Å²) in [5.41, 5.74) is 3.78. The van der Waals surface area contributed by atoms with Gasteiger partial charge in [-0.1, -0.05) is 6.07 Å². The molecule has 118 valence electrons. The van der Waals surface area contributed by atoms with Crippen molar-refractivity contribution >= 4 is 11.6 Å². The second-order valence-corrected chi connectivity index (χ2v) is 5.20. The first-order valence-electron chi connectivity index (χ1n) is 7.28. The van der Waals surface area contributed by atoms with Gasteiger partial charge in [0, 0.05) is 53.6 Å². The van der Waals surface area contributed by atoms with Crippen LogP contribution in [0.4, 0.5) is 5.69 Å². The topological polar surface area (TPSA) is 48.9 Å². The van der Waals surface area contributed by atoms with Gasteiger partial charge in [-0.3, -0.25) is 4.99 Å². The Hall–Kier alpha value is -1.75. The second kappa shape index (κ2) is 9.23. The number of methoxy groups -OCH3 is 1. The number of hydrogen-bond acceptors (Lipinski definition) is 3. The van der Waals surface area contributed by atoms with Crippen LogP contribution in [0, 0.1) is 6.92 Å². The van der Waals surface area contributed by atoms with Gasteiger partial charge in [-0.2, -0.15) is 0 Å². The van der Waals surface area contributed by atoms with Gasteiger partial charge in [0.15, 0.2) is 5.96 Å². The van der Waals surface area contributed by atoms with Gasteiger partial charge < -0.3 is 20.3 Å². The van der Waals surface area contributed by atoms with Gasteiger partial charge in [0.2, 0.25) is 0 Å². The van der Waals surface area contributed by atoms with Crippen molar-refractivity contribution in [2.75, 3.05) is 46.3 Å². The van der Waals surface area contributed by atoms with E-state index in [1.54, 1.807) is 14.2 Å². The predicted octanol–water partition coefficient (Wildman–Crippen LogP) is 1.76. The van der Waals surface area contributed by atoms with Crippen LogP contribution in [0.25, 0.3) is 0 Å². The highest BCUT2D eigenvalue weighted by Gasteiger charge is 2.03. The van der Waals surface area contributed by atoms with E-state index in [0.29, 0.717) is 0 Å². The van der Waals surface area contributed by atoms with Crippen molar-refractivity contribution in [1.82, 2.24) is 10.6 Å². The molecule has 5 nitrogen and oxygen atoms in total. The van der Waals surface area contributed by atoms with E-state index in [4.69, 9.17) is 4.74 Å². The maximum absolute atomic E-state index is 5.03. The third-order valence-electron chi connectivity index (χ3n) is 3.33. The third kappa shape index (κ3) is 6.04. The zero-order valence-electron chi connectivity index (χ0n) is 13.9. The van der Waals surface area contributed by atoms with Crippen LogP contribution in [0.15, 0.2) is 23.2 Å².